The highest BCUT2D eigenvalue weighted by atomic mass is 35.5. The summed E-state index contributed by atoms with van der Waals surface area (Å²) >= 11 is 6.77. The highest BCUT2D eigenvalue weighted by Crippen LogP contribution is 2.32. The fraction of sp³-hybridized carbons (Fsp3) is 0.368. The Hall–Kier alpha value is -2.32. The Bertz CT molecular complexity index is 848. The van der Waals surface area contributed by atoms with E-state index in [-0.39, 0.29) is 18.9 Å². The van der Waals surface area contributed by atoms with Gasteiger partial charge < -0.3 is 10.0 Å². The summed E-state index contributed by atoms with van der Waals surface area (Å²) in [6.07, 6.45) is 2.48. The number of carbonyl (C=O) groups is 4. The first-order valence-corrected chi connectivity index (χ1v) is 10.1. The van der Waals surface area contributed by atoms with Crippen LogP contribution in [0.3, 0.4) is 0 Å². The lowest BCUT2D eigenvalue weighted by Crippen LogP contribution is -2.42. The molecule has 0 unspecified atom stereocenters. The smallest absolute Gasteiger partial charge is 0.306 e. The van der Waals surface area contributed by atoms with E-state index in [1.807, 2.05) is 0 Å². The van der Waals surface area contributed by atoms with Gasteiger partial charge in [-0.2, -0.15) is 0 Å². The quantitative estimate of drug-likeness (QED) is 0.732. The molecule has 2 fully saturated rings. The third kappa shape index (κ3) is 4.74. The minimum absolute atomic E-state index is 0.00917. The van der Waals surface area contributed by atoms with E-state index in [0.717, 1.165) is 22.2 Å². The van der Waals surface area contributed by atoms with E-state index in [0.29, 0.717) is 35.9 Å². The molecule has 3 amide bonds. The summed E-state index contributed by atoms with van der Waals surface area (Å²) in [5.74, 6) is -1.85. The molecule has 0 radical (unpaired) electrons. The van der Waals surface area contributed by atoms with Crippen LogP contribution in [0.4, 0.5) is 4.79 Å². The fourth-order valence-corrected chi connectivity index (χ4v) is 4.25. The van der Waals surface area contributed by atoms with Crippen molar-refractivity contribution in [3.05, 3.63) is 39.8 Å². The molecule has 3 rings (SSSR count). The van der Waals surface area contributed by atoms with Gasteiger partial charge >= 0.3 is 5.97 Å². The number of amides is 3. The highest BCUT2D eigenvalue weighted by Gasteiger charge is 2.35. The Morgan fingerprint density at radius 1 is 1.25 bits per heavy atom. The summed E-state index contributed by atoms with van der Waals surface area (Å²) < 4.78 is 0. The maximum absolute atomic E-state index is 12.5. The van der Waals surface area contributed by atoms with Crippen LogP contribution in [0, 0.1) is 5.92 Å². The molecule has 1 aromatic rings. The number of carboxylic acid groups (broad SMARTS) is 1. The van der Waals surface area contributed by atoms with E-state index in [4.69, 9.17) is 16.7 Å². The molecular weight excluding hydrogens is 404 g/mol. The summed E-state index contributed by atoms with van der Waals surface area (Å²) in [6, 6.07) is 6.95. The predicted molar refractivity (Wildman–Crippen MR) is 106 cm³/mol. The lowest BCUT2D eigenvalue weighted by atomic mass is 9.97. The first kappa shape index (κ1) is 20.4. The van der Waals surface area contributed by atoms with Gasteiger partial charge in [-0.25, -0.2) is 0 Å². The molecule has 2 aliphatic heterocycles. The molecule has 0 saturated carbocycles. The van der Waals surface area contributed by atoms with E-state index in [2.05, 4.69) is 0 Å². The maximum atomic E-state index is 12.5. The number of thioether (sulfide) groups is 1. The lowest BCUT2D eigenvalue weighted by molar-refractivity contribution is -0.145. The standard InChI is InChI=1S/C19H19ClN2O5S/c20-14-3-1-2-12(10-14)11-15-17(24)22(19(27)28-15)9-6-16(23)21-7-4-13(5-8-21)18(25)26/h1-3,10-11,13H,4-9H2,(H,25,26)/b15-11-. The fourth-order valence-electron chi connectivity index (χ4n) is 3.18. The van der Waals surface area contributed by atoms with Crippen molar-refractivity contribution >= 4 is 52.5 Å². The van der Waals surface area contributed by atoms with Crippen LogP contribution in [0.25, 0.3) is 6.08 Å². The van der Waals surface area contributed by atoms with Gasteiger partial charge in [-0.1, -0.05) is 23.7 Å². The minimum atomic E-state index is -0.837. The van der Waals surface area contributed by atoms with Crippen molar-refractivity contribution in [3.63, 3.8) is 0 Å². The molecule has 28 heavy (non-hydrogen) atoms. The van der Waals surface area contributed by atoms with Gasteiger partial charge in [0.15, 0.2) is 0 Å². The number of hydrogen-bond acceptors (Lipinski definition) is 5. The Kier molecular flexibility index (Phi) is 6.41. The van der Waals surface area contributed by atoms with Crippen LogP contribution in [0.1, 0.15) is 24.8 Å². The SMILES string of the molecule is O=C(O)C1CCN(C(=O)CCN2C(=O)S/C(=C\c3cccc(Cl)c3)C2=O)CC1. The van der Waals surface area contributed by atoms with Crippen LogP contribution in [-0.4, -0.2) is 57.6 Å². The molecule has 2 saturated heterocycles. The number of rotatable bonds is 5. The third-order valence-electron chi connectivity index (χ3n) is 4.77. The molecule has 2 heterocycles. The Balaban J connectivity index is 1.56. The minimum Gasteiger partial charge on any atom is -0.481 e. The second kappa shape index (κ2) is 8.79. The average Bonchev–Trinajstić information content (AvgIpc) is 2.93. The van der Waals surface area contributed by atoms with Gasteiger partial charge in [0.05, 0.1) is 10.8 Å². The summed E-state index contributed by atoms with van der Waals surface area (Å²) in [4.78, 5) is 51.0. The molecule has 0 aromatic heterocycles. The number of carboxylic acids is 1. The van der Waals surface area contributed by atoms with Gasteiger partial charge in [-0.15, -0.1) is 0 Å². The number of aliphatic carboxylic acids is 1. The Labute approximate surface area is 171 Å². The van der Waals surface area contributed by atoms with Gasteiger partial charge in [0.25, 0.3) is 11.1 Å². The van der Waals surface area contributed by atoms with Crippen molar-refractivity contribution in [2.24, 2.45) is 5.92 Å². The number of carbonyl (C=O) groups excluding carboxylic acids is 3. The number of imide groups is 1. The van der Waals surface area contributed by atoms with Gasteiger partial charge in [-0.05, 0) is 48.4 Å². The molecule has 0 aliphatic carbocycles. The normalized spacial score (nSPS) is 19.5. The number of benzene rings is 1. The molecule has 9 heteroatoms. The number of halogens is 1. The Morgan fingerprint density at radius 2 is 1.96 bits per heavy atom. The molecule has 0 spiro atoms. The lowest BCUT2D eigenvalue weighted by Gasteiger charge is -2.30. The maximum Gasteiger partial charge on any atom is 0.306 e. The van der Waals surface area contributed by atoms with Crippen LogP contribution in [0.2, 0.25) is 5.02 Å². The number of likely N-dealkylation sites (tertiary alicyclic amines) is 1. The van der Waals surface area contributed by atoms with Crippen molar-refractivity contribution in [2.45, 2.75) is 19.3 Å². The van der Waals surface area contributed by atoms with Gasteiger partial charge in [0, 0.05) is 31.1 Å². The zero-order valence-electron chi connectivity index (χ0n) is 15.0. The number of nitrogens with zero attached hydrogens (tertiary/aromatic N) is 2. The van der Waals surface area contributed by atoms with Crippen LogP contribution < -0.4 is 0 Å². The van der Waals surface area contributed by atoms with Gasteiger partial charge in [0.2, 0.25) is 5.91 Å². The largest absolute Gasteiger partial charge is 0.481 e. The molecule has 1 aromatic carbocycles. The number of piperidine rings is 1. The topological polar surface area (TPSA) is 95.0 Å². The van der Waals surface area contributed by atoms with E-state index in [9.17, 15) is 19.2 Å². The van der Waals surface area contributed by atoms with Crippen molar-refractivity contribution in [2.75, 3.05) is 19.6 Å². The van der Waals surface area contributed by atoms with Crippen molar-refractivity contribution in [1.82, 2.24) is 9.80 Å². The van der Waals surface area contributed by atoms with Crippen LogP contribution in [0.15, 0.2) is 29.2 Å². The average molecular weight is 423 g/mol. The van der Waals surface area contributed by atoms with E-state index >= 15 is 0 Å². The summed E-state index contributed by atoms with van der Waals surface area (Å²) in [5.41, 5.74) is 0.718. The first-order chi connectivity index (χ1) is 13.3. The molecule has 148 valence electrons. The van der Waals surface area contributed by atoms with Crippen LogP contribution in [0.5, 0.6) is 0 Å². The zero-order valence-corrected chi connectivity index (χ0v) is 16.5. The van der Waals surface area contributed by atoms with Crippen molar-refractivity contribution in [1.29, 1.82) is 0 Å². The second-order valence-corrected chi connectivity index (χ2v) is 8.06. The third-order valence-corrected chi connectivity index (χ3v) is 5.91. The van der Waals surface area contributed by atoms with Crippen LogP contribution in [-0.2, 0) is 14.4 Å². The van der Waals surface area contributed by atoms with Crippen molar-refractivity contribution < 1.29 is 24.3 Å². The molecule has 2 aliphatic rings. The van der Waals surface area contributed by atoms with E-state index < -0.39 is 23.0 Å². The summed E-state index contributed by atoms with van der Waals surface area (Å²) in [6.45, 7) is 0.772. The molecule has 0 atom stereocenters. The summed E-state index contributed by atoms with van der Waals surface area (Å²) in [5, 5.41) is 9.14. The Morgan fingerprint density at radius 3 is 2.61 bits per heavy atom. The molecular formula is C19H19ClN2O5S. The van der Waals surface area contributed by atoms with E-state index in [1.165, 1.54) is 0 Å². The zero-order chi connectivity index (χ0) is 20.3. The highest BCUT2D eigenvalue weighted by molar-refractivity contribution is 8.18. The molecule has 7 nitrogen and oxygen atoms in total. The van der Waals surface area contributed by atoms with Gasteiger partial charge in [-0.3, -0.25) is 24.1 Å². The van der Waals surface area contributed by atoms with Crippen LogP contribution >= 0.6 is 23.4 Å². The number of hydrogen-bond donors (Lipinski definition) is 1. The molecule has 1 N–H and O–H groups in total. The second-order valence-electron chi connectivity index (χ2n) is 6.63. The predicted octanol–water partition coefficient (Wildman–Crippen LogP) is 3.09. The first-order valence-electron chi connectivity index (χ1n) is 8.86. The monoisotopic (exact) mass is 422 g/mol. The van der Waals surface area contributed by atoms with Gasteiger partial charge in [0.1, 0.15) is 0 Å². The van der Waals surface area contributed by atoms with Crippen molar-refractivity contribution in [3.8, 4) is 0 Å². The molecule has 0 bridgehead atoms. The van der Waals surface area contributed by atoms with E-state index in [1.54, 1.807) is 35.2 Å². The summed E-state index contributed by atoms with van der Waals surface area (Å²) in [7, 11) is 0.